The molecule has 5 rings (SSSR count). The predicted octanol–water partition coefficient (Wildman–Crippen LogP) is 4.88. The molecular weight excluding hydrogens is 449 g/mol. The van der Waals surface area contributed by atoms with Crippen LogP contribution in [-0.4, -0.2) is 37.4 Å². The summed E-state index contributed by atoms with van der Waals surface area (Å²) < 4.78 is 20.1. The molecule has 3 aromatic carbocycles. The maximum atomic E-state index is 14.7. The van der Waals surface area contributed by atoms with Gasteiger partial charge in [0.25, 0.3) is 17.7 Å². The van der Waals surface area contributed by atoms with E-state index in [1.54, 1.807) is 36.4 Å². The summed E-state index contributed by atoms with van der Waals surface area (Å²) in [6.45, 7) is 3.96. The number of carbonyl (C=O) groups excluding carboxylic acids is 3. The van der Waals surface area contributed by atoms with E-state index in [1.165, 1.54) is 24.3 Å². The Morgan fingerprint density at radius 3 is 2.40 bits per heavy atom. The quantitative estimate of drug-likeness (QED) is 0.517. The highest BCUT2D eigenvalue weighted by Gasteiger charge is 2.37. The highest BCUT2D eigenvalue weighted by molar-refractivity contribution is 6.34. The molecule has 3 amide bonds. The molecule has 2 heterocycles. The molecule has 1 N–H and O–H groups in total. The Hall–Kier alpha value is -4.20. The van der Waals surface area contributed by atoms with E-state index in [0.29, 0.717) is 23.7 Å². The second-order valence-electron chi connectivity index (χ2n) is 8.42. The highest BCUT2D eigenvalue weighted by atomic mass is 19.1. The first-order chi connectivity index (χ1) is 17.0. The smallest absolute Gasteiger partial charge is 0.266 e. The molecule has 0 aliphatic carbocycles. The van der Waals surface area contributed by atoms with Crippen molar-refractivity contribution < 1.29 is 23.5 Å². The number of rotatable bonds is 6. The zero-order valence-electron chi connectivity index (χ0n) is 19.2. The largest absolute Gasteiger partial charge is 0.494 e. The van der Waals surface area contributed by atoms with Crippen LogP contribution in [0.2, 0.25) is 0 Å². The lowest BCUT2D eigenvalue weighted by Crippen LogP contribution is -2.29. The third kappa shape index (κ3) is 4.12. The first-order valence-electron chi connectivity index (χ1n) is 11.6. The number of amides is 3. The Balaban J connectivity index is 1.40. The van der Waals surface area contributed by atoms with Gasteiger partial charge in [-0.25, -0.2) is 9.29 Å². The van der Waals surface area contributed by atoms with Crippen LogP contribution >= 0.6 is 0 Å². The number of nitrogens with zero attached hydrogens (tertiary/aromatic N) is 2. The third-order valence-corrected chi connectivity index (χ3v) is 6.23. The van der Waals surface area contributed by atoms with Gasteiger partial charge in [-0.2, -0.15) is 0 Å². The minimum atomic E-state index is -0.557. The minimum Gasteiger partial charge on any atom is -0.494 e. The van der Waals surface area contributed by atoms with E-state index in [-0.39, 0.29) is 22.4 Å². The number of carbonyl (C=O) groups is 3. The van der Waals surface area contributed by atoms with Crippen molar-refractivity contribution in [3.63, 3.8) is 0 Å². The zero-order valence-corrected chi connectivity index (χ0v) is 19.2. The summed E-state index contributed by atoms with van der Waals surface area (Å²) in [4.78, 5) is 42.2. The van der Waals surface area contributed by atoms with E-state index in [1.807, 2.05) is 11.8 Å². The van der Waals surface area contributed by atoms with E-state index in [2.05, 4.69) is 5.32 Å². The maximum absolute atomic E-state index is 14.7. The number of imide groups is 1. The van der Waals surface area contributed by atoms with Gasteiger partial charge in [0.05, 0.1) is 29.1 Å². The predicted molar refractivity (Wildman–Crippen MR) is 131 cm³/mol. The summed E-state index contributed by atoms with van der Waals surface area (Å²) in [5, 5.41) is 2.67. The molecule has 0 aromatic heterocycles. The van der Waals surface area contributed by atoms with Gasteiger partial charge in [0.1, 0.15) is 17.3 Å². The van der Waals surface area contributed by atoms with Crippen LogP contribution in [0.4, 0.5) is 21.5 Å². The van der Waals surface area contributed by atoms with Gasteiger partial charge in [-0.3, -0.25) is 14.4 Å². The van der Waals surface area contributed by atoms with Gasteiger partial charge in [0, 0.05) is 18.7 Å². The van der Waals surface area contributed by atoms with Crippen molar-refractivity contribution in [2.45, 2.75) is 19.8 Å². The third-order valence-electron chi connectivity index (χ3n) is 6.23. The Morgan fingerprint density at radius 2 is 1.69 bits per heavy atom. The number of ether oxygens (including phenoxy) is 1. The molecule has 35 heavy (non-hydrogen) atoms. The van der Waals surface area contributed by atoms with Gasteiger partial charge in [-0.05, 0) is 74.4 Å². The number of halogens is 1. The zero-order chi connectivity index (χ0) is 24.5. The van der Waals surface area contributed by atoms with Crippen molar-refractivity contribution in [3.8, 4) is 5.75 Å². The fraction of sp³-hybridized carbons (Fsp3) is 0.222. The fourth-order valence-electron chi connectivity index (χ4n) is 4.52. The first-order valence-corrected chi connectivity index (χ1v) is 11.6. The van der Waals surface area contributed by atoms with Crippen LogP contribution in [0.15, 0.2) is 60.7 Å². The Kier molecular flexibility index (Phi) is 5.94. The minimum absolute atomic E-state index is 0.110. The Morgan fingerprint density at radius 1 is 0.971 bits per heavy atom. The number of nitrogens with one attached hydrogen (secondary N) is 1. The van der Waals surface area contributed by atoms with Crippen LogP contribution in [0.3, 0.4) is 0 Å². The molecule has 178 valence electrons. The Labute approximate surface area is 202 Å². The molecule has 2 aliphatic rings. The van der Waals surface area contributed by atoms with Gasteiger partial charge >= 0.3 is 0 Å². The van der Waals surface area contributed by atoms with Gasteiger partial charge in [-0.1, -0.05) is 6.07 Å². The van der Waals surface area contributed by atoms with Crippen molar-refractivity contribution in [3.05, 3.63) is 83.2 Å². The lowest BCUT2D eigenvalue weighted by Gasteiger charge is -2.22. The van der Waals surface area contributed by atoms with Crippen LogP contribution in [0.1, 0.15) is 50.8 Å². The van der Waals surface area contributed by atoms with Crippen molar-refractivity contribution >= 4 is 34.8 Å². The SMILES string of the molecule is CCOc1ccc(N2C(=O)c3ccc(C(=O)Nc4c(F)cccc4N4CCCC4)cc3C2=O)cc1. The van der Waals surface area contributed by atoms with Crippen LogP contribution in [0.5, 0.6) is 5.75 Å². The van der Waals surface area contributed by atoms with E-state index in [4.69, 9.17) is 4.74 Å². The van der Waals surface area contributed by atoms with Gasteiger partial charge < -0.3 is 15.0 Å². The van der Waals surface area contributed by atoms with Crippen LogP contribution in [-0.2, 0) is 0 Å². The topological polar surface area (TPSA) is 79.0 Å². The van der Waals surface area contributed by atoms with Crippen molar-refractivity contribution in [1.29, 1.82) is 0 Å². The van der Waals surface area contributed by atoms with Gasteiger partial charge in [0.15, 0.2) is 0 Å². The average Bonchev–Trinajstić information content (AvgIpc) is 3.48. The molecule has 7 nitrogen and oxygen atoms in total. The summed E-state index contributed by atoms with van der Waals surface area (Å²) in [6.07, 6.45) is 2.02. The van der Waals surface area contributed by atoms with E-state index in [0.717, 1.165) is 30.8 Å². The summed E-state index contributed by atoms with van der Waals surface area (Å²) in [7, 11) is 0. The number of hydrogen-bond donors (Lipinski definition) is 1. The van der Waals surface area contributed by atoms with Gasteiger partial charge in [0.2, 0.25) is 0 Å². The monoisotopic (exact) mass is 473 g/mol. The number of benzene rings is 3. The maximum Gasteiger partial charge on any atom is 0.266 e. The van der Waals surface area contributed by atoms with Crippen molar-refractivity contribution in [2.75, 3.05) is 34.8 Å². The molecule has 1 saturated heterocycles. The Bertz CT molecular complexity index is 1320. The normalized spacial score (nSPS) is 14.9. The van der Waals surface area contributed by atoms with Crippen LogP contribution < -0.4 is 19.9 Å². The highest BCUT2D eigenvalue weighted by Crippen LogP contribution is 2.33. The molecule has 1 fully saturated rings. The lowest BCUT2D eigenvalue weighted by molar-refractivity contribution is 0.0925. The molecule has 0 atom stereocenters. The molecule has 0 bridgehead atoms. The average molecular weight is 474 g/mol. The molecule has 0 radical (unpaired) electrons. The molecule has 0 saturated carbocycles. The van der Waals surface area contributed by atoms with Crippen molar-refractivity contribution in [1.82, 2.24) is 0 Å². The number of para-hydroxylation sites is 1. The lowest BCUT2D eigenvalue weighted by atomic mass is 10.1. The summed E-state index contributed by atoms with van der Waals surface area (Å²) in [6, 6.07) is 15.7. The molecule has 8 heteroatoms. The summed E-state index contributed by atoms with van der Waals surface area (Å²) in [5.74, 6) is -1.44. The van der Waals surface area contributed by atoms with Crippen molar-refractivity contribution in [2.24, 2.45) is 0 Å². The second-order valence-corrected chi connectivity index (χ2v) is 8.42. The first kappa shape index (κ1) is 22.6. The number of anilines is 3. The van der Waals surface area contributed by atoms with E-state index in [9.17, 15) is 18.8 Å². The molecule has 3 aromatic rings. The summed E-state index contributed by atoms with van der Waals surface area (Å²) in [5.41, 5.74) is 1.65. The summed E-state index contributed by atoms with van der Waals surface area (Å²) >= 11 is 0. The molecule has 0 unspecified atom stereocenters. The molecule has 2 aliphatic heterocycles. The standard InChI is InChI=1S/C27H24FN3O4/c1-2-35-19-11-9-18(10-12-19)31-26(33)20-13-8-17(16-21(20)27(31)34)25(32)29-24-22(28)6-5-7-23(24)30-14-3-4-15-30/h5-13,16H,2-4,14-15H2,1H3,(H,29,32). The van der Waals surface area contributed by atoms with Crippen LogP contribution in [0.25, 0.3) is 0 Å². The molecular formula is C27H24FN3O4. The van der Waals surface area contributed by atoms with E-state index >= 15 is 0 Å². The van der Waals surface area contributed by atoms with Gasteiger partial charge in [-0.15, -0.1) is 0 Å². The van der Waals surface area contributed by atoms with Crippen LogP contribution in [0, 0.1) is 5.82 Å². The molecule has 0 spiro atoms. The number of fused-ring (bicyclic) bond motifs is 1. The number of hydrogen-bond acceptors (Lipinski definition) is 5. The second kappa shape index (κ2) is 9.21. The fourth-order valence-corrected chi connectivity index (χ4v) is 4.52. The van der Waals surface area contributed by atoms with E-state index < -0.39 is 23.5 Å².